The molecule has 0 saturated carbocycles. The topological polar surface area (TPSA) is 80.4 Å². The monoisotopic (exact) mass is 221 g/mol. The second-order valence-electron chi connectivity index (χ2n) is 3.86. The molecule has 5 nitrogen and oxygen atoms in total. The number of nitro groups is 1. The van der Waals surface area contributed by atoms with Gasteiger partial charge in [-0.2, -0.15) is 0 Å². The molecule has 0 heterocycles. The number of fused-ring (bicyclic) bond motifs is 1. The van der Waals surface area contributed by atoms with Crippen LogP contribution >= 0.6 is 0 Å². The maximum atomic E-state index is 11.0. The van der Waals surface area contributed by atoms with E-state index in [9.17, 15) is 14.9 Å². The molecule has 1 aliphatic rings. The SMILES string of the molecule is O=C(O)c1ccc([N+](=O)[O-])c2c1CCCC2. The molecule has 0 fully saturated rings. The van der Waals surface area contributed by atoms with Crippen molar-refractivity contribution in [1.29, 1.82) is 0 Å². The van der Waals surface area contributed by atoms with E-state index in [1.54, 1.807) is 0 Å². The Labute approximate surface area is 91.9 Å². The van der Waals surface area contributed by atoms with Gasteiger partial charge in [0.15, 0.2) is 0 Å². The second-order valence-corrected chi connectivity index (χ2v) is 3.86. The van der Waals surface area contributed by atoms with Gasteiger partial charge >= 0.3 is 5.97 Å². The van der Waals surface area contributed by atoms with E-state index >= 15 is 0 Å². The van der Waals surface area contributed by atoms with Crippen molar-refractivity contribution in [3.05, 3.63) is 38.9 Å². The van der Waals surface area contributed by atoms with Crippen molar-refractivity contribution in [2.45, 2.75) is 25.7 Å². The molecule has 0 aromatic heterocycles. The average Bonchev–Trinajstić information content (AvgIpc) is 2.27. The Morgan fingerprint density at radius 3 is 2.44 bits per heavy atom. The van der Waals surface area contributed by atoms with E-state index in [1.807, 2.05) is 0 Å². The van der Waals surface area contributed by atoms with Gasteiger partial charge in [-0.25, -0.2) is 4.79 Å². The summed E-state index contributed by atoms with van der Waals surface area (Å²) in [4.78, 5) is 21.4. The lowest BCUT2D eigenvalue weighted by molar-refractivity contribution is -0.385. The predicted molar refractivity (Wildman–Crippen MR) is 56.7 cm³/mol. The molecule has 2 rings (SSSR count). The Balaban J connectivity index is 2.63. The zero-order valence-electron chi connectivity index (χ0n) is 8.60. The molecule has 1 N–H and O–H groups in total. The smallest absolute Gasteiger partial charge is 0.335 e. The molecular weight excluding hydrogens is 210 g/mol. The van der Waals surface area contributed by atoms with Crippen LogP contribution in [0.1, 0.15) is 34.3 Å². The van der Waals surface area contributed by atoms with Crippen molar-refractivity contribution in [3.63, 3.8) is 0 Å². The minimum absolute atomic E-state index is 0.0553. The van der Waals surface area contributed by atoms with Crippen LogP contribution in [-0.2, 0) is 12.8 Å². The van der Waals surface area contributed by atoms with Crippen molar-refractivity contribution in [2.24, 2.45) is 0 Å². The van der Waals surface area contributed by atoms with Gasteiger partial charge in [-0.3, -0.25) is 10.1 Å². The lowest BCUT2D eigenvalue weighted by Crippen LogP contribution is -2.12. The van der Waals surface area contributed by atoms with E-state index in [4.69, 9.17) is 5.11 Å². The number of aromatic carboxylic acids is 1. The fourth-order valence-electron chi connectivity index (χ4n) is 2.22. The number of hydrogen-bond acceptors (Lipinski definition) is 3. The van der Waals surface area contributed by atoms with Gasteiger partial charge in [0.2, 0.25) is 0 Å². The van der Waals surface area contributed by atoms with Crippen LogP contribution in [0.4, 0.5) is 5.69 Å². The van der Waals surface area contributed by atoms with Crippen molar-refractivity contribution < 1.29 is 14.8 Å². The van der Waals surface area contributed by atoms with Crippen LogP contribution in [0.15, 0.2) is 12.1 Å². The Morgan fingerprint density at radius 1 is 1.25 bits per heavy atom. The molecule has 0 spiro atoms. The number of nitro benzene ring substituents is 1. The predicted octanol–water partition coefficient (Wildman–Crippen LogP) is 2.17. The normalized spacial score (nSPS) is 14.2. The summed E-state index contributed by atoms with van der Waals surface area (Å²) in [5.74, 6) is -1.01. The van der Waals surface area contributed by atoms with Gasteiger partial charge in [-0.05, 0) is 37.3 Å². The van der Waals surface area contributed by atoms with Crippen molar-refractivity contribution in [3.8, 4) is 0 Å². The van der Waals surface area contributed by atoms with Crippen molar-refractivity contribution in [1.82, 2.24) is 0 Å². The standard InChI is InChI=1S/C11H11NO4/c13-11(14)9-5-6-10(12(15)16)8-4-2-1-3-7(8)9/h5-6H,1-4H2,(H,13,14). The van der Waals surface area contributed by atoms with Crippen LogP contribution in [0, 0.1) is 10.1 Å². The molecule has 1 aliphatic carbocycles. The summed E-state index contributed by atoms with van der Waals surface area (Å²) in [5.41, 5.74) is 1.52. The highest BCUT2D eigenvalue weighted by atomic mass is 16.6. The molecule has 0 saturated heterocycles. The molecule has 1 aromatic carbocycles. The maximum Gasteiger partial charge on any atom is 0.335 e. The van der Waals surface area contributed by atoms with Crippen molar-refractivity contribution in [2.75, 3.05) is 0 Å². The van der Waals surface area contributed by atoms with Crippen LogP contribution in [-0.4, -0.2) is 16.0 Å². The summed E-state index contributed by atoms with van der Waals surface area (Å²) in [7, 11) is 0. The number of nitrogens with zero attached hydrogens (tertiary/aromatic N) is 1. The highest BCUT2D eigenvalue weighted by Gasteiger charge is 2.25. The quantitative estimate of drug-likeness (QED) is 0.613. The number of rotatable bonds is 2. The molecule has 0 aliphatic heterocycles. The van der Waals surface area contributed by atoms with E-state index in [-0.39, 0.29) is 11.3 Å². The van der Waals surface area contributed by atoms with Crippen LogP contribution in [0.3, 0.4) is 0 Å². The van der Waals surface area contributed by atoms with Gasteiger partial charge in [-0.15, -0.1) is 0 Å². The van der Waals surface area contributed by atoms with Gasteiger partial charge in [0, 0.05) is 11.6 Å². The third-order valence-electron chi connectivity index (χ3n) is 2.94. The molecule has 0 unspecified atom stereocenters. The summed E-state index contributed by atoms with van der Waals surface area (Å²) >= 11 is 0. The third kappa shape index (κ3) is 1.64. The Morgan fingerprint density at radius 2 is 1.88 bits per heavy atom. The summed E-state index contributed by atoms with van der Waals surface area (Å²) in [6.07, 6.45) is 3.01. The van der Waals surface area contributed by atoms with E-state index in [2.05, 4.69) is 0 Å². The van der Waals surface area contributed by atoms with Gasteiger partial charge in [0.1, 0.15) is 0 Å². The summed E-state index contributed by atoms with van der Waals surface area (Å²) in [6, 6.07) is 2.64. The van der Waals surface area contributed by atoms with E-state index in [1.165, 1.54) is 12.1 Å². The maximum absolute atomic E-state index is 11.0. The molecule has 84 valence electrons. The fraction of sp³-hybridized carbons (Fsp3) is 0.364. The third-order valence-corrected chi connectivity index (χ3v) is 2.94. The highest BCUT2D eigenvalue weighted by molar-refractivity contribution is 5.90. The summed E-state index contributed by atoms with van der Waals surface area (Å²) in [5, 5.41) is 19.8. The number of carbonyl (C=O) groups is 1. The van der Waals surface area contributed by atoms with Gasteiger partial charge in [0.05, 0.1) is 10.5 Å². The highest BCUT2D eigenvalue weighted by Crippen LogP contribution is 2.31. The first-order chi connectivity index (χ1) is 7.61. The number of benzene rings is 1. The largest absolute Gasteiger partial charge is 0.478 e. The fourth-order valence-corrected chi connectivity index (χ4v) is 2.22. The second kappa shape index (κ2) is 3.92. The molecule has 0 bridgehead atoms. The van der Waals surface area contributed by atoms with E-state index < -0.39 is 10.9 Å². The Kier molecular flexibility index (Phi) is 2.60. The minimum Gasteiger partial charge on any atom is -0.478 e. The zero-order valence-corrected chi connectivity index (χ0v) is 8.60. The Hall–Kier alpha value is -1.91. The van der Waals surface area contributed by atoms with E-state index in [0.29, 0.717) is 24.0 Å². The zero-order chi connectivity index (χ0) is 11.7. The molecular formula is C11H11NO4. The number of hydrogen-bond donors (Lipinski definition) is 1. The minimum atomic E-state index is -1.01. The molecule has 1 aromatic rings. The lowest BCUT2D eigenvalue weighted by Gasteiger charge is -2.17. The van der Waals surface area contributed by atoms with Crippen molar-refractivity contribution >= 4 is 11.7 Å². The molecule has 5 heteroatoms. The first kappa shape index (κ1) is 10.6. The number of carboxylic acids is 1. The van der Waals surface area contributed by atoms with Gasteiger partial charge in [0.25, 0.3) is 5.69 Å². The van der Waals surface area contributed by atoms with Gasteiger partial charge < -0.3 is 5.11 Å². The molecule has 16 heavy (non-hydrogen) atoms. The van der Waals surface area contributed by atoms with Crippen LogP contribution in [0.5, 0.6) is 0 Å². The van der Waals surface area contributed by atoms with Gasteiger partial charge in [-0.1, -0.05) is 0 Å². The van der Waals surface area contributed by atoms with Crippen LogP contribution < -0.4 is 0 Å². The molecule has 0 amide bonds. The first-order valence-corrected chi connectivity index (χ1v) is 5.13. The van der Waals surface area contributed by atoms with Crippen LogP contribution in [0.25, 0.3) is 0 Å². The molecule has 0 atom stereocenters. The van der Waals surface area contributed by atoms with Crippen LogP contribution in [0.2, 0.25) is 0 Å². The number of carboxylic acid groups (broad SMARTS) is 1. The first-order valence-electron chi connectivity index (χ1n) is 5.13. The average molecular weight is 221 g/mol. The lowest BCUT2D eigenvalue weighted by atomic mass is 9.87. The summed E-state index contributed by atoms with van der Waals surface area (Å²) < 4.78 is 0. The summed E-state index contributed by atoms with van der Waals surface area (Å²) in [6.45, 7) is 0. The Bertz CT molecular complexity index is 424. The molecule has 0 radical (unpaired) electrons. The van der Waals surface area contributed by atoms with E-state index in [0.717, 1.165) is 12.8 Å².